The van der Waals surface area contributed by atoms with Gasteiger partial charge in [-0.05, 0) is 62.7 Å². The van der Waals surface area contributed by atoms with Crippen LogP contribution in [0.15, 0.2) is 6.08 Å². The molecule has 15 heavy (non-hydrogen) atoms. The van der Waals surface area contributed by atoms with Gasteiger partial charge in [0.2, 0.25) is 0 Å². The van der Waals surface area contributed by atoms with Gasteiger partial charge >= 0.3 is 0 Å². The lowest BCUT2D eigenvalue weighted by molar-refractivity contribution is 0.620. The van der Waals surface area contributed by atoms with E-state index in [9.17, 15) is 0 Å². The van der Waals surface area contributed by atoms with Gasteiger partial charge in [0.25, 0.3) is 0 Å². The van der Waals surface area contributed by atoms with Crippen LogP contribution in [-0.4, -0.2) is 4.57 Å². The van der Waals surface area contributed by atoms with Gasteiger partial charge in [-0.25, -0.2) is 0 Å². The molecule has 3 rings (SSSR count). The monoisotopic (exact) mass is 201 g/mol. The molecule has 2 aliphatic carbocycles. The molecule has 0 spiro atoms. The lowest BCUT2D eigenvalue weighted by Gasteiger charge is -2.15. The lowest BCUT2D eigenvalue weighted by Crippen LogP contribution is -2.07. The third-order valence-corrected chi connectivity index (χ3v) is 3.88. The van der Waals surface area contributed by atoms with Gasteiger partial charge in [0, 0.05) is 17.9 Å². The Hall–Kier alpha value is -0.980. The number of fused-ring (bicyclic) bond motifs is 3. The highest BCUT2D eigenvalue weighted by Gasteiger charge is 2.23. The maximum absolute atomic E-state index is 2.56. The van der Waals surface area contributed by atoms with Crippen molar-refractivity contribution >= 4 is 6.08 Å². The van der Waals surface area contributed by atoms with E-state index in [4.69, 9.17) is 0 Å². The summed E-state index contributed by atoms with van der Waals surface area (Å²) in [5.41, 5.74) is 6.56. The van der Waals surface area contributed by atoms with Crippen LogP contribution in [0.4, 0.5) is 0 Å². The number of nitrogens with zero attached hydrogens (tertiary/aromatic N) is 1. The molecule has 0 unspecified atom stereocenters. The van der Waals surface area contributed by atoms with Crippen molar-refractivity contribution in [1.82, 2.24) is 4.57 Å². The van der Waals surface area contributed by atoms with Gasteiger partial charge < -0.3 is 4.57 Å². The molecule has 0 N–H and O–H groups in total. The normalized spacial score (nSPS) is 18.7. The molecule has 1 heterocycles. The number of rotatable bonds is 1. The smallest absolute Gasteiger partial charge is 0.0441 e. The average Bonchev–Trinajstić information content (AvgIpc) is 2.63. The summed E-state index contributed by atoms with van der Waals surface area (Å²) in [5.74, 6) is 0. The molecule has 0 bridgehead atoms. The number of allylic oxidation sites excluding steroid dienone is 1. The van der Waals surface area contributed by atoms with E-state index in [-0.39, 0.29) is 0 Å². The van der Waals surface area contributed by atoms with Gasteiger partial charge in [-0.3, -0.25) is 0 Å². The summed E-state index contributed by atoms with van der Waals surface area (Å²) in [5, 5.41) is 0. The number of hydrogen-bond acceptors (Lipinski definition) is 0. The first kappa shape index (κ1) is 9.26. The SMILES string of the molecule is CCn1c2c(c3c1CCCC3)CCC=C2. The summed E-state index contributed by atoms with van der Waals surface area (Å²) >= 11 is 0. The van der Waals surface area contributed by atoms with Crippen LogP contribution in [0.25, 0.3) is 6.08 Å². The largest absolute Gasteiger partial charge is 0.345 e. The van der Waals surface area contributed by atoms with Crippen LogP contribution in [0.2, 0.25) is 0 Å². The predicted molar refractivity (Wildman–Crippen MR) is 64.1 cm³/mol. The van der Waals surface area contributed by atoms with Crippen molar-refractivity contribution in [3.05, 3.63) is 28.6 Å². The fraction of sp³-hybridized carbons (Fsp3) is 0.571. The first-order chi connectivity index (χ1) is 7.42. The molecule has 1 heteroatoms. The second kappa shape index (κ2) is 3.55. The molecule has 1 aromatic rings. The molecule has 0 atom stereocenters. The zero-order chi connectivity index (χ0) is 10.3. The van der Waals surface area contributed by atoms with Crippen molar-refractivity contribution in [2.24, 2.45) is 0 Å². The molecule has 0 amide bonds. The predicted octanol–water partition coefficient (Wildman–Crippen LogP) is 3.35. The molecule has 0 saturated carbocycles. The summed E-state index contributed by atoms with van der Waals surface area (Å²) in [6.45, 7) is 3.42. The van der Waals surface area contributed by atoms with Crippen molar-refractivity contribution in [2.45, 2.75) is 52.0 Å². The molecular weight excluding hydrogens is 182 g/mol. The van der Waals surface area contributed by atoms with Crippen LogP contribution in [-0.2, 0) is 25.8 Å². The van der Waals surface area contributed by atoms with E-state index in [0.717, 1.165) is 6.54 Å². The Balaban J connectivity index is 2.22. The van der Waals surface area contributed by atoms with Crippen molar-refractivity contribution < 1.29 is 0 Å². The van der Waals surface area contributed by atoms with Crippen molar-refractivity contribution in [2.75, 3.05) is 0 Å². The molecule has 0 radical (unpaired) electrons. The Morgan fingerprint density at radius 1 is 1.13 bits per heavy atom. The molecule has 0 aromatic carbocycles. The third kappa shape index (κ3) is 1.29. The standard InChI is InChI=1S/C14H19N/c1-2-15-13-9-5-3-7-11(13)12-8-4-6-10-14(12)15/h5,9H,2-4,6-8,10H2,1H3. The fourth-order valence-electron chi connectivity index (χ4n) is 3.23. The van der Waals surface area contributed by atoms with Gasteiger partial charge in [-0.1, -0.05) is 6.08 Å². The summed E-state index contributed by atoms with van der Waals surface area (Å²) in [4.78, 5) is 0. The van der Waals surface area contributed by atoms with E-state index in [1.165, 1.54) is 44.2 Å². The molecule has 0 saturated heterocycles. The minimum absolute atomic E-state index is 1.14. The van der Waals surface area contributed by atoms with Gasteiger partial charge in [0.15, 0.2) is 0 Å². The van der Waals surface area contributed by atoms with E-state index in [2.05, 4.69) is 23.6 Å². The minimum Gasteiger partial charge on any atom is -0.345 e. The molecule has 2 aliphatic rings. The molecule has 80 valence electrons. The Labute approximate surface area is 91.8 Å². The van der Waals surface area contributed by atoms with Crippen molar-refractivity contribution in [1.29, 1.82) is 0 Å². The molecular formula is C14H19N. The van der Waals surface area contributed by atoms with Gasteiger partial charge in [0.1, 0.15) is 0 Å². The lowest BCUT2D eigenvalue weighted by atomic mass is 9.91. The maximum atomic E-state index is 2.56. The van der Waals surface area contributed by atoms with Gasteiger partial charge in [-0.15, -0.1) is 0 Å². The van der Waals surface area contributed by atoms with Crippen molar-refractivity contribution in [3.8, 4) is 0 Å². The first-order valence-electron chi connectivity index (χ1n) is 6.31. The van der Waals surface area contributed by atoms with E-state index in [0.29, 0.717) is 0 Å². The molecule has 1 nitrogen and oxygen atoms in total. The number of hydrogen-bond donors (Lipinski definition) is 0. The first-order valence-corrected chi connectivity index (χ1v) is 6.31. The summed E-state index contributed by atoms with van der Waals surface area (Å²) in [7, 11) is 0. The Kier molecular flexibility index (Phi) is 2.19. The van der Waals surface area contributed by atoms with E-state index in [1.807, 2.05) is 0 Å². The topological polar surface area (TPSA) is 4.93 Å². The zero-order valence-electron chi connectivity index (χ0n) is 9.55. The molecule has 1 aromatic heterocycles. The third-order valence-electron chi connectivity index (χ3n) is 3.88. The second-order valence-electron chi connectivity index (χ2n) is 4.68. The highest BCUT2D eigenvalue weighted by Crippen LogP contribution is 2.33. The second-order valence-corrected chi connectivity index (χ2v) is 4.68. The van der Waals surface area contributed by atoms with E-state index < -0.39 is 0 Å². The van der Waals surface area contributed by atoms with Crippen LogP contribution in [0.5, 0.6) is 0 Å². The summed E-state index contributed by atoms with van der Waals surface area (Å²) in [6.07, 6.45) is 12.6. The fourth-order valence-corrected chi connectivity index (χ4v) is 3.23. The van der Waals surface area contributed by atoms with E-state index in [1.54, 1.807) is 16.8 Å². The average molecular weight is 201 g/mol. The van der Waals surface area contributed by atoms with Crippen LogP contribution >= 0.6 is 0 Å². The van der Waals surface area contributed by atoms with Gasteiger partial charge in [-0.2, -0.15) is 0 Å². The van der Waals surface area contributed by atoms with Crippen molar-refractivity contribution in [3.63, 3.8) is 0 Å². The summed E-state index contributed by atoms with van der Waals surface area (Å²) < 4.78 is 2.56. The van der Waals surface area contributed by atoms with Gasteiger partial charge in [0.05, 0.1) is 0 Å². The zero-order valence-corrected chi connectivity index (χ0v) is 9.55. The Morgan fingerprint density at radius 3 is 2.87 bits per heavy atom. The highest BCUT2D eigenvalue weighted by molar-refractivity contribution is 5.58. The highest BCUT2D eigenvalue weighted by atomic mass is 15.0. The Bertz CT molecular complexity index is 402. The van der Waals surface area contributed by atoms with Crippen LogP contribution in [0, 0.1) is 0 Å². The molecule has 0 fully saturated rings. The summed E-state index contributed by atoms with van der Waals surface area (Å²) in [6, 6.07) is 0. The minimum atomic E-state index is 1.14. The quantitative estimate of drug-likeness (QED) is 0.656. The Morgan fingerprint density at radius 2 is 2.00 bits per heavy atom. The van der Waals surface area contributed by atoms with Crippen LogP contribution in [0.3, 0.4) is 0 Å². The maximum Gasteiger partial charge on any atom is 0.0441 e. The van der Waals surface area contributed by atoms with Crippen LogP contribution in [0.1, 0.15) is 48.7 Å². The number of aromatic nitrogens is 1. The van der Waals surface area contributed by atoms with Crippen LogP contribution < -0.4 is 0 Å². The van der Waals surface area contributed by atoms with E-state index >= 15 is 0 Å². The molecule has 0 aliphatic heterocycles.